The van der Waals surface area contributed by atoms with Crippen molar-refractivity contribution < 1.29 is 19.4 Å². The van der Waals surface area contributed by atoms with Crippen LogP contribution in [-0.4, -0.2) is 36.1 Å². The number of methoxy groups -OCH3 is 1. The Hall–Kier alpha value is -2.24. The van der Waals surface area contributed by atoms with E-state index in [9.17, 15) is 14.7 Å². The van der Waals surface area contributed by atoms with Crippen LogP contribution in [0.25, 0.3) is 0 Å². The molecule has 1 saturated heterocycles. The second-order valence-corrected chi connectivity index (χ2v) is 3.71. The van der Waals surface area contributed by atoms with Gasteiger partial charge in [0.2, 0.25) is 0 Å². The molecule has 1 heterocycles. The van der Waals surface area contributed by atoms with Crippen LogP contribution in [0.15, 0.2) is 18.2 Å². The topological polar surface area (TPSA) is 78.9 Å². The van der Waals surface area contributed by atoms with E-state index in [2.05, 4.69) is 5.32 Å². The lowest BCUT2D eigenvalue weighted by atomic mass is 10.1. The first kappa shape index (κ1) is 11.3. The number of nitrogens with one attached hydrogen (secondary N) is 1. The van der Waals surface area contributed by atoms with Gasteiger partial charge in [-0.1, -0.05) is 6.07 Å². The number of hydrogen-bond acceptors (Lipinski definition) is 4. The first-order chi connectivity index (χ1) is 8.04. The van der Waals surface area contributed by atoms with Crippen molar-refractivity contribution >= 4 is 11.9 Å². The molecule has 1 aliphatic rings. The Kier molecular flexibility index (Phi) is 2.63. The maximum atomic E-state index is 11.7. The molecule has 3 amide bonds. The highest BCUT2D eigenvalue weighted by atomic mass is 16.5. The Labute approximate surface area is 97.8 Å². The molecule has 2 rings (SSSR count). The van der Waals surface area contributed by atoms with Crippen LogP contribution in [0, 0.1) is 0 Å². The molecule has 1 unspecified atom stereocenters. The van der Waals surface area contributed by atoms with Crippen molar-refractivity contribution in [3.8, 4) is 11.5 Å². The van der Waals surface area contributed by atoms with Gasteiger partial charge in [-0.2, -0.15) is 0 Å². The minimum Gasteiger partial charge on any atom is -0.504 e. The van der Waals surface area contributed by atoms with Crippen molar-refractivity contribution in [2.75, 3.05) is 14.2 Å². The van der Waals surface area contributed by atoms with E-state index in [-0.39, 0.29) is 17.4 Å². The maximum absolute atomic E-state index is 11.7. The second kappa shape index (κ2) is 3.97. The van der Waals surface area contributed by atoms with Gasteiger partial charge in [-0.3, -0.25) is 9.69 Å². The fourth-order valence-corrected chi connectivity index (χ4v) is 1.68. The van der Waals surface area contributed by atoms with E-state index in [1.54, 1.807) is 6.07 Å². The van der Waals surface area contributed by atoms with Gasteiger partial charge < -0.3 is 15.2 Å². The highest BCUT2D eigenvalue weighted by Gasteiger charge is 2.36. The molecule has 0 bridgehead atoms. The molecule has 0 spiro atoms. The quantitative estimate of drug-likeness (QED) is 0.738. The number of likely N-dealkylation sites (N-methyl/N-ethyl adjacent to an activating group) is 1. The number of amides is 3. The van der Waals surface area contributed by atoms with Crippen LogP contribution in [0.3, 0.4) is 0 Å². The summed E-state index contributed by atoms with van der Waals surface area (Å²) in [4.78, 5) is 24.1. The van der Waals surface area contributed by atoms with Gasteiger partial charge in [0, 0.05) is 7.05 Å². The highest BCUT2D eigenvalue weighted by molar-refractivity contribution is 6.04. The van der Waals surface area contributed by atoms with E-state index < -0.39 is 12.1 Å². The fraction of sp³-hybridized carbons (Fsp3) is 0.273. The molecule has 17 heavy (non-hydrogen) atoms. The number of phenols is 1. The molecule has 0 aromatic heterocycles. The van der Waals surface area contributed by atoms with Gasteiger partial charge in [0.15, 0.2) is 11.5 Å². The number of urea groups is 1. The molecular weight excluding hydrogens is 224 g/mol. The fourth-order valence-electron chi connectivity index (χ4n) is 1.68. The smallest absolute Gasteiger partial charge is 0.324 e. The van der Waals surface area contributed by atoms with Crippen LogP contribution in [-0.2, 0) is 4.79 Å². The highest BCUT2D eigenvalue weighted by Crippen LogP contribution is 2.30. The zero-order valence-corrected chi connectivity index (χ0v) is 9.43. The lowest BCUT2D eigenvalue weighted by Gasteiger charge is -2.10. The van der Waals surface area contributed by atoms with Crippen LogP contribution in [0.2, 0.25) is 0 Å². The number of ether oxygens (including phenoxy) is 1. The lowest BCUT2D eigenvalue weighted by Crippen LogP contribution is -2.25. The third-order valence-electron chi connectivity index (χ3n) is 2.69. The number of carbonyl (C=O) groups is 2. The third kappa shape index (κ3) is 1.77. The van der Waals surface area contributed by atoms with Crippen molar-refractivity contribution in [2.45, 2.75) is 6.04 Å². The lowest BCUT2D eigenvalue weighted by molar-refractivity contribution is -0.126. The van der Waals surface area contributed by atoms with E-state index in [4.69, 9.17) is 4.74 Å². The van der Waals surface area contributed by atoms with Gasteiger partial charge in [-0.05, 0) is 17.7 Å². The van der Waals surface area contributed by atoms with Crippen molar-refractivity contribution in [1.29, 1.82) is 0 Å². The predicted octanol–water partition coefficient (Wildman–Crippen LogP) is 0.623. The molecule has 90 valence electrons. The minimum atomic E-state index is -0.720. The summed E-state index contributed by atoms with van der Waals surface area (Å²) in [6.45, 7) is 0. The Bertz CT molecular complexity index is 486. The van der Waals surface area contributed by atoms with E-state index in [0.717, 1.165) is 4.90 Å². The SMILES string of the molecule is COc1cc(C2NC(=O)N(C)C2=O)ccc1O. The Morgan fingerprint density at radius 1 is 1.41 bits per heavy atom. The molecule has 0 saturated carbocycles. The summed E-state index contributed by atoms with van der Waals surface area (Å²) < 4.78 is 4.95. The summed E-state index contributed by atoms with van der Waals surface area (Å²) >= 11 is 0. The minimum absolute atomic E-state index is 0.0126. The van der Waals surface area contributed by atoms with Crippen LogP contribution in [0.1, 0.15) is 11.6 Å². The van der Waals surface area contributed by atoms with Crippen molar-refractivity contribution in [1.82, 2.24) is 10.2 Å². The van der Waals surface area contributed by atoms with Gasteiger partial charge in [-0.15, -0.1) is 0 Å². The molecule has 0 radical (unpaired) electrons. The van der Waals surface area contributed by atoms with Crippen LogP contribution < -0.4 is 10.1 Å². The number of phenolic OH excluding ortho intramolecular Hbond substituents is 1. The van der Waals surface area contributed by atoms with Gasteiger partial charge in [0.05, 0.1) is 7.11 Å². The summed E-state index contributed by atoms with van der Waals surface area (Å²) in [6.07, 6.45) is 0. The van der Waals surface area contributed by atoms with E-state index in [1.165, 1.54) is 26.3 Å². The number of rotatable bonds is 2. The van der Waals surface area contributed by atoms with Crippen LogP contribution in [0.5, 0.6) is 11.5 Å². The molecule has 1 atom stereocenters. The molecule has 1 aliphatic heterocycles. The number of carbonyl (C=O) groups excluding carboxylic acids is 2. The summed E-state index contributed by atoms with van der Waals surface area (Å²) in [6, 6.07) is 3.36. The van der Waals surface area contributed by atoms with Crippen LogP contribution in [0.4, 0.5) is 4.79 Å². The van der Waals surface area contributed by atoms with Crippen molar-refractivity contribution in [2.24, 2.45) is 0 Å². The number of hydrogen-bond donors (Lipinski definition) is 2. The summed E-state index contributed by atoms with van der Waals surface area (Å²) in [7, 11) is 2.83. The van der Waals surface area contributed by atoms with E-state index in [1.807, 2.05) is 0 Å². The summed E-state index contributed by atoms with van der Waals surface area (Å²) in [5.74, 6) is -0.0804. The second-order valence-electron chi connectivity index (χ2n) is 3.71. The molecule has 1 fully saturated rings. The third-order valence-corrected chi connectivity index (χ3v) is 2.69. The zero-order valence-electron chi connectivity index (χ0n) is 9.43. The Balaban J connectivity index is 2.35. The zero-order chi connectivity index (χ0) is 12.6. The Morgan fingerprint density at radius 3 is 2.65 bits per heavy atom. The number of aromatic hydroxyl groups is 1. The summed E-state index contributed by atoms with van der Waals surface area (Å²) in [5, 5.41) is 12.0. The van der Waals surface area contributed by atoms with Gasteiger partial charge in [-0.25, -0.2) is 4.79 Å². The van der Waals surface area contributed by atoms with Crippen LogP contribution >= 0.6 is 0 Å². The molecule has 6 nitrogen and oxygen atoms in total. The largest absolute Gasteiger partial charge is 0.504 e. The normalized spacial score (nSPS) is 19.4. The molecule has 6 heteroatoms. The average molecular weight is 236 g/mol. The first-order valence-electron chi connectivity index (χ1n) is 4.99. The van der Waals surface area contributed by atoms with Gasteiger partial charge in [0.1, 0.15) is 6.04 Å². The molecular formula is C11H12N2O4. The molecule has 1 aromatic carbocycles. The van der Waals surface area contributed by atoms with E-state index >= 15 is 0 Å². The van der Waals surface area contributed by atoms with Crippen molar-refractivity contribution in [3.05, 3.63) is 23.8 Å². The molecule has 1 aromatic rings. The number of imide groups is 1. The standard InChI is InChI=1S/C11H12N2O4/c1-13-10(15)9(12-11(13)16)6-3-4-7(14)8(5-6)17-2/h3-5,9,14H,1-2H3,(H,12,16). The van der Waals surface area contributed by atoms with Gasteiger partial charge >= 0.3 is 6.03 Å². The number of nitrogens with zero attached hydrogens (tertiary/aromatic N) is 1. The maximum Gasteiger partial charge on any atom is 0.324 e. The van der Waals surface area contributed by atoms with E-state index in [0.29, 0.717) is 5.56 Å². The first-order valence-corrected chi connectivity index (χ1v) is 4.99. The molecule has 2 N–H and O–H groups in total. The monoisotopic (exact) mass is 236 g/mol. The predicted molar refractivity (Wildman–Crippen MR) is 58.7 cm³/mol. The average Bonchev–Trinajstić information content (AvgIpc) is 2.58. The van der Waals surface area contributed by atoms with Crippen molar-refractivity contribution in [3.63, 3.8) is 0 Å². The van der Waals surface area contributed by atoms with Gasteiger partial charge in [0.25, 0.3) is 5.91 Å². The number of benzene rings is 1. The molecule has 0 aliphatic carbocycles. The summed E-state index contributed by atoms with van der Waals surface area (Å²) in [5.41, 5.74) is 0.572. The Morgan fingerprint density at radius 2 is 2.12 bits per heavy atom.